The second kappa shape index (κ2) is 10.2. The number of nitrogens with one attached hydrogen (secondary N) is 1. The fourth-order valence-electron chi connectivity index (χ4n) is 3.47. The quantitative estimate of drug-likeness (QED) is 0.411. The summed E-state index contributed by atoms with van der Waals surface area (Å²) in [5.41, 5.74) is 0.650. The van der Waals surface area contributed by atoms with Crippen molar-refractivity contribution in [3.63, 3.8) is 0 Å². The molecule has 0 aliphatic heterocycles. The third-order valence-electron chi connectivity index (χ3n) is 5.22. The van der Waals surface area contributed by atoms with Crippen molar-refractivity contribution in [3.8, 4) is 0 Å². The second-order valence-corrected chi connectivity index (χ2v) is 8.18. The Balaban J connectivity index is 1.92. The van der Waals surface area contributed by atoms with Crippen LogP contribution in [0.3, 0.4) is 0 Å². The number of ether oxygens (including phenoxy) is 1. The standard InChI is InChI=1S/C21H30N2O5/c1-14(2)12-19(22-20(24)17-8-4-15(3)5-9-17)21(25)28-13-16-6-10-18(11-7-16)23(26)27/h6-7,10-11,14-15,17,19H,4-5,8-9,12-13H2,1-3H3,(H,22,24)/t15?,17?,19-/m1/s1. The maximum atomic E-state index is 12.6. The van der Waals surface area contributed by atoms with E-state index in [4.69, 9.17) is 4.74 Å². The van der Waals surface area contributed by atoms with Crippen molar-refractivity contribution in [1.82, 2.24) is 5.32 Å². The SMILES string of the molecule is CC(C)C[C@@H](NC(=O)C1CCC(C)CC1)C(=O)OCc1ccc([N+](=O)[O-])cc1. The molecule has 1 aliphatic rings. The number of esters is 1. The highest BCUT2D eigenvalue weighted by atomic mass is 16.6. The van der Waals surface area contributed by atoms with Gasteiger partial charge in [0.1, 0.15) is 12.6 Å². The minimum atomic E-state index is -0.676. The molecule has 1 aliphatic carbocycles. The summed E-state index contributed by atoms with van der Waals surface area (Å²) in [4.78, 5) is 35.4. The zero-order valence-corrected chi connectivity index (χ0v) is 16.8. The summed E-state index contributed by atoms with van der Waals surface area (Å²) in [6, 6.07) is 5.20. The van der Waals surface area contributed by atoms with Gasteiger partial charge in [-0.1, -0.05) is 20.8 Å². The first-order chi connectivity index (χ1) is 13.3. The Morgan fingerprint density at radius 1 is 1.18 bits per heavy atom. The van der Waals surface area contributed by atoms with Crippen molar-refractivity contribution in [1.29, 1.82) is 0 Å². The first-order valence-corrected chi connectivity index (χ1v) is 9.96. The number of non-ortho nitro benzene ring substituents is 1. The fourth-order valence-corrected chi connectivity index (χ4v) is 3.47. The molecule has 1 aromatic carbocycles. The normalized spacial score (nSPS) is 20.4. The number of nitro benzene ring substituents is 1. The average molecular weight is 390 g/mol. The van der Waals surface area contributed by atoms with Crippen molar-refractivity contribution < 1.29 is 19.2 Å². The van der Waals surface area contributed by atoms with Crippen LogP contribution in [0.1, 0.15) is 58.4 Å². The van der Waals surface area contributed by atoms with Crippen molar-refractivity contribution in [3.05, 3.63) is 39.9 Å². The highest BCUT2D eigenvalue weighted by Crippen LogP contribution is 2.28. The number of nitrogens with zero attached hydrogens (tertiary/aromatic N) is 1. The van der Waals surface area contributed by atoms with Crippen LogP contribution in [0.15, 0.2) is 24.3 Å². The van der Waals surface area contributed by atoms with E-state index in [1.54, 1.807) is 12.1 Å². The number of hydrogen-bond acceptors (Lipinski definition) is 5. The largest absolute Gasteiger partial charge is 0.459 e. The molecule has 1 saturated carbocycles. The molecule has 1 amide bonds. The van der Waals surface area contributed by atoms with Gasteiger partial charge in [0.05, 0.1) is 4.92 Å². The summed E-state index contributed by atoms with van der Waals surface area (Å²) in [6.07, 6.45) is 4.31. The lowest BCUT2D eigenvalue weighted by Crippen LogP contribution is -2.45. The number of rotatable bonds is 8. The maximum absolute atomic E-state index is 12.6. The van der Waals surface area contributed by atoms with Crippen molar-refractivity contribution in [2.75, 3.05) is 0 Å². The molecule has 0 unspecified atom stereocenters. The molecule has 0 bridgehead atoms. The van der Waals surface area contributed by atoms with Gasteiger partial charge in [-0.25, -0.2) is 4.79 Å². The first kappa shape index (κ1) is 21.9. The molecular formula is C21H30N2O5. The fraction of sp³-hybridized carbons (Fsp3) is 0.619. The number of benzene rings is 1. The smallest absolute Gasteiger partial charge is 0.328 e. The Labute approximate surface area is 166 Å². The highest BCUT2D eigenvalue weighted by molar-refractivity contribution is 5.85. The Hall–Kier alpha value is -2.44. The monoisotopic (exact) mass is 390 g/mol. The molecular weight excluding hydrogens is 360 g/mol. The van der Waals surface area contributed by atoms with Crippen molar-refractivity contribution >= 4 is 17.6 Å². The number of nitro groups is 1. The molecule has 1 aromatic rings. The van der Waals surface area contributed by atoms with E-state index in [1.165, 1.54) is 12.1 Å². The van der Waals surface area contributed by atoms with Gasteiger partial charge in [0.2, 0.25) is 5.91 Å². The van der Waals surface area contributed by atoms with Gasteiger partial charge >= 0.3 is 5.97 Å². The van der Waals surface area contributed by atoms with Crippen LogP contribution in [0.5, 0.6) is 0 Å². The van der Waals surface area contributed by atoms with Crippen LogP contribution in [0.25, 0.3) is 0 Å². The average Bonchev–Trinajstić information content (AvgIpc) is 2.66. The molecule has 1 atom stereocenters. The highest BCUT2D eigenvalue weighted by Gasteiger charge is 2.29. The van der Waals surface area contributed by atoms with Crippen LogP contribution in [-0.4, -0.2) is 22.8 Å². The molecule has 7 nitrogen and oxygen atoms in total. The minimum absolute atomic E-state index is 0.0122. The molecule has 7 heteroatoms. The summed E-state index contributed by atoms with van der Waals surface area (Å²) in [7, 11) is 0. The maximum Gasteiger partial charge on any atom is 0.328 e. The van der Waals surface area contributed by atoms with E-state index >= 15 is 0 Å². The van der Waals surface area contributed by atoms with E-state index < -0.39 is 16.9 Å². The third-order valence-corrected chi connectivity index (χ3v) is 5.22. The molecule has 0 saturated heterocycles. The summed E-state index contributed by atoms with van der Waals surface area (Å²) >= 11 is 0. The van der Waals surface area contributed by atoms with Gasteiger partial charge in [0, 0.05) is 18.1 Å². The summed E-state index contributed by atoms with van der Waals surface area (Å²) in [5, 5.41) is 13.6. The van der Waals surface area contributed by atoms with Crippen LogP contribution in [0, 0.1) is 27.9 Å². The van der Waals surface area contributed by atoms with E-state index in [-0.39, 0.29) is 30.0 Å². The molecule has 2 rings (SSSR count). The summed E-state index contributed by atoms with van der Waals surface area (Å²) < 4.78 is 5.37. The predicted molar refractivity (Wildman–Crippen MR) is 105 cm³/mol. The lowest BCUT2D eigenvalue weighted by atomic mass is 9.82. The van der Waals surface area contributed by atoms with Crippen LogP contribution in [0.2, 0.25) is 0 Å². The number of carbonyl (C=O) groups is 2. The van der Waals surface area contributed by atoms with E-state index in [0.29, 0.717) is 17.9 Å². The van der Waals surface area contributed by atoms with Crippen molar-refractivity contribution in [2.45, 2.75) is 65.5 Å². The topological polar surface area (TPSA) is 98.5 Å². The molecule has 28 heavy (non-hydrogen) atoms. The van der Waals surface area contributed by atoms with E-state index in [1.807, 2.05) is 13.8 Å². The Kier molecular flexibility index (Phi) is 7.96. The van der Waals surface area contributed by atoms with E-state index in [0.717, 1.165) is 25.7 Å². The summed E-state index contributed by atoms with van der Waals surface area (Å²) in [5.74, 6) is 0.313. The van der Waals surface area contributed by atoms with E-state index in [2.05, 4.69) is 12.2 Å². The Morgan fingerprint density at radius 3 is 2.32 bits per heavy atom. The number of hydrogen-bond donors (Lipinski definition) is 1. The molecule has 0 radical (unpaired) electrons. The molecule has 0 heterocycles. The minimum Gasteiger partial charge on any atom is -0.459 e. The Bertz CT molecular complexity index is 679. The summed E-state index contributed by atoms with van der Waals surface area (Å²) in [6.45, 7) is 6.20. The predicted octanol–water partition coefficient (Wildman–Crippen LogP) is 4.00. The van der Waals surface area contributed by atoms with E-state index in [9.17, 15) is 19.7 Å². The molecule has 154 valence electrons. The van der Waals surface area contributed by atoms with Gasteiger partial charge in [0.25, 0.3) is 5.69 Å². The van der Waals surface area contributed by atoms with Gasteiger partial charge < -0.3 is 10.1 Å². The number of amides is 1. The van der Waals surface area contributed by atoms with Crippen LogP contribution in [-0.2, 0) is 20.9 Å². The van der Waals surface area contributed by atoms with Gasteiger partial charge in [0.15, 0.2) is 0 Å². The third kappa shape index (κ3) is 6.62. The van der Waals surface area contributed by atoms with Gasteiger partial charge in [-0.3, -0.25) is 14.9 Å². The molecule has 0 aromatic heterocycles. The van der Waals surface area contributed by atoms with Gasteiger partial charge in [-0.15, -0.1) is 0 Å². The van der Waals surface area contributed by atoms with Crippen LogP contribution < -0.4 is 5.32 Å². The van der Waals surface area contributed by atoms with Crippen LogP contribution >= 0.6 is 0 Å². The molecule has 1 N–H and O–H groups in total. The van der Waals surface area contributed by atoms with Gasteiger partial charge in [-0.2, -0.15) is 0 Å². The van der Waals surface area contributed by atoms with Crippen molar-refractivity contribution in [2.24, 2.45) is 17.8 Å². The zero-order chi connectivity index (χ0) is 20.7. The lowest BCUT2D eigenvalue weighted by Gasteiger charge is -2.27. The zero-order valence-electron chi connectivity index (χ0n) is 16.8. The number of carbonyl (C=O) groups excluding carboxylic acids is 2. The molecule has 0 spiro atoms. The van der Waals surface area contributed by atoms with Crippen LogP contribution in [0.4, 0.5) is 5.69 Å². The van der Waals surface area contributed by atoms with Gasteiger partial charge in [-0.05, 0) is 61.6 Å². The Morgan fingerprint density at radius 2 is 1.79 bits per heavy atom. The second-order valence-electron chi connectivity index (χ2n) is 8.18. The lowest BCUT2D eigenvalue weighted by molar-refractivity contribution is -0.384. The first-order valence-electron chi connectivity index (χ1n) is 9.96. The molecule has 1 fully saturated rings.